The second-order valence-corrected chi connectivity index (χ2v) is 7.85. The standard InChI is InChI=1S/C25H26ClNO5/c1-17-14-24(27-16-19(17)8-11-25(28)29)30-13-12-18(2)31-22-10-9-20(26)15-23(22)32-21-6-4-3-5-7-21/h3-7,9-10,14-16,18H,8,11-13H2,1-2H3,(H,28,29)/t18-/m1/s1. The van der Waals surface area contributed by atoms with Gasteiger partial charge in [-0.1, -0.05) is 29.8 Å². The lowest BCUT2D eigenvalue weighted by Crippen LogP contribution is -2.16. The van der Waals surface area contributed by atoms with E-state index in [-0.39, 0.29) is 12.5 Å². The molecule has 0 saturated carbocycles. The number of aliphatic carboxylic acids is 1. The summed E-state index contributed by atoms with van der Waals surface area (Å²) < 4.78 is 17.8. The number of rotatable bonds is 11. The van der Waals surface area contributed by atoms with Crippen molar-refractivity contribution in [3.05, 3.63) is 76.9 Å². The molecule has 0 bridgehead atoms. The fraction of sp³-hybridized carbons (Fsp3) is 0.280. The van der Waals surface area contributed by atoms with Crippen LogP contribution in [0.2, 0.25) is 5.02 Å². The second kappa shape index (κ2) is 11.4. The normalized spacial score (nSPS) is 11.6. The summed E-state index contributed by atoms with van der Waals surface area (Å²) in [6.07, 6.45) is 2.71. The maximum absolute atomic E-state index is 10.7. The number of para-hydroxylation sites is 1. The number of hydrogen-bond acceptors (Lipinski definition) is 5. The predicted molar refractivity (Wildman–Crippen MR) is 123 cm³/mol. The monoisotopic (exact) mass is 455 g/mol. The van der Waals surface area contributed by atoms with Crippen LogP contribution in [0.25, 0.3) is 0 Å². The van der Waals surface area contributed by atoms with Crippen molar-refractivity contribution in [2.45, 2.75) is 39.2 Å². The Kier molecular flexibility index (Phi) is 8.34. The molecule has 3 aromatic rings. The van der Waals surface area contributed by atoms with Crippen molar-refractivity contribution in [2.75, 3.05) is 6.61 Å². The highest BCUT2D eigenvalue weighted by atomic mass is 35.5. The van der Waals surface area contributed by atoms with Gasteiger partial charge in [-0.3, -0.25) is 4.79 Å². The number of carboxylic acids is 1. The van der Waals surface area contributed by atoms with Crippen LogP contribution in [0.15, 0.2) is 60.8 Å². The van der Waals surface area contributed by atoms with Crippen molar-refractivity contribution in [3.8, 4) is 23.1 Å². The van der Waals surface area contributed by atoms with E-state index in [1.807, 2.05) is 50.2 Å². The third-order valence-electron chi connectivity index (χ3n) is 4.78. The number of hydrogen-bond donors (Lipinski definition) is 1. The number of nitrogens with zero attached hydrogens (tertiary/aromatic N) is 1. The van der Waals surface area contributed by atoms with Crippen LogP contribution in [0, 0.1) is 6.92 Å². The van der Waals surface area contributed by atoms with E-state index in [1.165, 1.54) is 0 Å². The van der Waals surface area contributed by atoms with E-state index in [9.17, 15) is 4.79 Å². The highest BCUT2D eigenvalue weighted by molar-refractivity contribution is 6.30. The molecule has 0 amide bonds. The van der Waals surface area contributed by atoms with Gasteiger partial charge >= 0.3 is 5.97 Å². The van der Waals surface area contributed by atoms with E-state index in [4.69, 9.17) is 30.9 Å². The van der Waals surface area contributed by atoms with Gasteiger partial charge in [0.25, 0.3) is 0 Å². The summed E-state index contributed by atoms with van der Waals surface area (Å²) in [4.78, 5) is 15.0. The van der Waals surface area contributed by atoms with Gasteiger partial charge in [-0.25, -0.2) is 4.98 Å². The molecule has 0 spiro atoms. The number of benzene rings is 2. The van der Waals surface area contributed by atoms with Gasteiger partial charge in [-0.2, -0.15) is 0 Å². The molecule has 1 N–H and O–H groups in total. The Morgan fingerprint density at radius 2 is 1.91 bits per heavy atom. The van der Waals surface area contributed by atoms with E-state index in [2.05, 4.69) is 4.98 Å². The first-order chi connectivity index (χ1) is 15.4. The molecule has 0 radical (unpaired) electrons. The molecule has 6 nitrogen and oxygen atoms in total. The highest BCUT2D eigenvalue weighted by Crippen LogP contribution is 2.35. The lowest BCUT2D eigenvalue weighted by molar-refractivity contribution is -0.136. The van der Waals surface area contributed by atoms with E-state index < -0.39 is 5.97 Å². The van der Waals surface area contributed by atoms with Crippen LogP contribution in [0.3, 0.4) is 0 Å². The summed E-state index contributed by atoms with van der Waals surface area (Å²) >= 11 is 6.14. The quantitative estimate of drug-likeness (QED) is 0.377. The maximum atomic E-state index is 10.7. The first-order valence-electron chi connectivity index (χ1n) is 10.4. The Morgan fingerprint density at radius 3 is 2.62 bits per heavy atom. The Morgan fingerprint density at radius 1 is 1.12 bits per heavy atom. The smallest absolute Gasteiger partial charge is 0.303 e. The van der Waals surface area contributed by atoms with Crippen molar-refractivity contribution in [1.29, 1.82) is 0 Å². The van der Waals surface area contributed by atoms with Crippen molar-refractivity contribution >= 4 is 17.6 Å². The van der Waals surface area contributed by atoms with Gasteiger partial charge in [0.1, 0.15) is 5.75 Å². The fourth-order valence-corrected chi connectivity index (χ4v) is 3.18. The zero-order chi connectivity index (χ0) is 22.9. The molecule has 32 heavy (non-hydrogen) atoms. The number of aryl methyl sites for hydroxylation is 2. The van der Waals surface area contributed by atoms with Crippen LogP contribution in [0.4, 0.5) is 0 Å². The molecule has 2 aromatic carbocycles. The second-order valence-electron chi connectivity index (χ2n) is 7.41. The van der Waals surface area contributed by atoms with Crippen LogP contribution in [-0.2, 0) is 11.2 Å². The molecule has 7 heteroatoms. The molecule has 1 aromatic heterocycles. The Hall–Kier alpha value is -3.25. The third-order valence-corrected chi connectivity index (χ3v) is 5.02. The van der Waals surface area contributed by atoms with Gasteiger partial charge in [-0.05, 0) is 55.7 Å². The molecule has 168 valence electrons. The average Bonchev–Trinajstić information content (AvgIpc) is 2.76. The van der Waals surface area contributed by atoms with Gasteiger partial charge < -0.3 is 19.3 Å². The molecular weight excluding hydrogens is 430 g/mol. The highest BCUT2D eigenvalue weighted by Gasteiger charge is 2.12. The lowest BCUT2D eigenvalue weighted by atomic mass is 10.1. The zero-order valence-electron chi connectivity index (χ0n) is 18.1. The van der Waals surface area contributed by atoms with E-state index in [0.29, 0.717) is 47.6 Å². The summed E-state index contributed by atoms with van der Waals surface area (Å²) in [5.41, 5.74) is 1.87. The van der Waals surface area contributed by atoms with Gasteiger partial charge in [0.2, 0.25) is 5.88 Å². The summed E-state index contributed by atoms with van der Waals surface area (Å²) in [5.74, 6) is 1.53. The van der Waals surface area contributed by atoms with Crippen molar-refractivity contribution < 1.29 is 24.1 Å². The van der Waals surface area contributed by atoms with Gasteiger partial charge in [0.15, 0.2) is 11.5 Å². The number of carboxylic acid groups (broad SMARTS) is 1. The molecule has 0 aliphatic heterocycles. The van der Waals surface area contributed by atoms with Crippen LogP contribution in [-0.4, -0.2) is 28.8 Å². The molecule has 0 fully saturated rings. The van der Waals surface area contributed by atoms with Gasteiger partial charge in [0.05, 0.1) is 12.7 Å². The fourth-order valence-electron chi connectivity index (χ4n) is 3.02. The summed E-state index contributed by atoms with van der Waals surface area (Å²) in [6.45, 7) is 4.30. The van der Waals surface area contributed by atoms with Crippen LogP contribution in [0.5, 0.6) is 23.1 Å². The SMILES string of the molecule is Cc1cc(OCC[C@@H](C)Oc2ccc(Cl)cc2Oc2ccccc2)ncc1CCC(=O)O. The van der Waals surface area contributed by atoms with E-state index in [1.54, 1.807) is 24.4 Å². The number of ether oxygens (including phenoxy) is 3. The summed E-state index contributed by atoms with van der Waals surface area (Å²) in [7, 11) is 0. The predicted octanol–water partition coefficient (Wildman–Crippen LogP) is 6.09. The minimum absolute atomic E-state index is 0.0816. The number of carbonyl (C=O) groups is 1. The maximum Gasteiger partial charge on any atom is 0.303 e. The minimum Gasteiger partial charge on any atom is -0.487 e. The summed E-state index contributed by atoms with van der Waals surface area (Å²) in [5, 5.41) is 9.39. The molecule has 1 atom stereocenters. The minimum atomic E-state index is -0.822. The average molecular weight is 456 g/mol. The molecule has 0 aliphatic rings. The number of halogens is 1. The van der Waals surface area contributed by atoms with Crippen molar-refractivity contribution in [2.24, 2.45) is 0 Å². The third kappa shape index (κ3) is 7.17. The van der Waals surface area contributed by atoms with Gasteiger partial charge in [-0.15, -0.1) is 0 Å². The molecule has 3 rings (SSSR count). The van der Waals surface area contributed by atoms with Gasteiger partial charge in [0, 0.05) is 36.2 Å². The Labute approximate surface area is 192 Å². The zero-order valence-corrected chi connectivity index (χ0v) is 18.8. The first kappa shape index (κ1) is 23.4. The van der Waals surface area contributed by atoms with Crippen LogP contribution >= 0.6 is 11.6 Å². The van der Waals surface area contributed by atoms with Crippen LogP contribution < -0.4 is 14.2 Å². The molecular formula is C25H26ClNO5. The molecule has 0 unspecified atom stereocenters. The number of pyridine rings is 1. The topological polar surface area (TPSA) is 77.9 Å². The Balaban J connectivity index is 1.53. The number of aromatic nitrogens is 1. The molecule has 0 aliphatic carbocycles. The van der Waals surface area contributed by atoms with E-state index in [0.717, 1.165) is 11.1 Å². The van der Waals surface area contributed by atoms with Crippen molar-refractivity contribution in [3.63, 3.8) is 0 Å². The lowest BCUT2D eigenvalue weighted by Gasteiger charge is -2.18. The Bertz CT molecular complexity index is 1040. The summed E-state index contributed by atoms with van der Waals surface area (Å²) in [6, 6.07) is 16.6. The first-order valence-corrected chi connectivity index (χ1v) is 10.8. The van der Waals surface area contributed by atoms with E-state index >= 15 is 0 Å². The largest absolute Gasteiger partial charge is 0.487 e. The molecule has 0 saturated heterocycles. The molecule has 1 heterocycles. The van der Waals surface area contributed by atoms with Crippen molar-refractivity contribution in [1.82, 2.24) is 4.98 Å². The van der Waals surface area contributed by atoms with Crippen LogP contribution in [0.1, 0.15) is 30.9 Å².